The van der Waals surface area contributed by atoms with E-state index < -0.39 is 35.3 Å². The Kier molecular flexibility index (Phi) is 2.52. The van der Waals surface area contributed by atoms with Crippen LogP contribution in [0.2, 0.25) is 0 Å². The lowest BCUT2D eigenvalue weighted by Gasteiger charge is -2.54. The molecule has 3 aliphatic carbocycles. The molecule has 1 aliphatic heterocycles. The molecule has 0 saturated carbocycles. The second-order valence-electron chi connectivity index (χ2n) is 6.94. The molecule has 0 aromatic heterocycles. The third kappa shape index (κ3) is 1.31. The number of rotatable bonds is 1. The Morgan fingerprint density at radius 1 is 0.958 bits per heavy atom. The molecule has 120 valence electrons. The Labute approximate surface area is 139 Å². The highest BCUT2D eigenvalue weighted by atomic mass is 16.6. The van der Waals surface area contributed by atoms with Crippen LogP contribution in [-0.2, 0) is 19.7 Å². The Bertz CT molecular complexity index is 851. The lowest BCUT2D eigenvalue weighted by Crippen LogP contribution is -2.58. The van der Waals surface area contributed by atoms with Crippen LogP contribution < -0.4 is 0 Å². The third-order valence-corrected chi connectivity index (χ3v) is 6.08. The zero-order valence-corrected chi connectivity index (χ0v) is 13.1. The molecule has 4 aliphatic rings. The van der Waals surface area contributed by atoms with E-state index in [-0.39, 0.29) is 5.92 Å². The van der Waals surface area contributed by atoms with E-state index in [1.807, 2.05) is 48.5 Å². The minimum atomic E-state index is -0.935. The van der Waals surface area contributed by atoms with E-state index in [0.29, 0.717) is 0 Å². The second kappa shape index (κ2) is 4.33. The van der Waals surface area contributed by atoms with Crippen LogP contribution in [0.3, 0.4) is 0 Å². The van der Waals surface area contributed by atoms with Gasteiger partial charge in [0.2, 0.25) is 0 Å². The van der Waals surface area contributed by atoms with E-state index in [0.717, 1.165) is 22.3 Å². The first-order chi connectivity index (χ1) is 11.6. The van der Waals surface area contributed by atoms with Crippen molar-refractivity contribution in [2.24, 2.45) is 11.8 Å². The molecule has 2 aromatic rings. The fourth-order valence-electron chi connectivity index (χ4n) is 5.35. The van der Waals surface area contributed by atoms with Gasteiger partial charge < -0.3 is 9.84 Å². The zero-order valence-electron chi connectivity index (χ0n) is 13.1. The predicted octanol–water partition coefficient (Wildman–Crippen LogP) is 2.13. The number of aliphatic hydroxyl groups excluding tert-OH is 1. The van der Waals surface area contributed by atoms with Crippen molar-refractivity contribution in [1.29, 1.82) is 0 Å². The Balaban J connectivity index is 1.97. The van der Waals surface area contributed by atoms with Crippen molar-refractivity contribution in [2.75, 3.05) is 0 Å². The molecular weight excluding hydrogens is 304 g/mol. The number of ether oxygens (including phenoxy) is 1. The quantitative estimate of drug-likeness (QED) is 0.646. The number of carbonyl (C=O) groups excluding carboxylic acids is 2. The molecule has 0 spiro atoms. The number of hydrogen-bond donors (Lipinski definition) is 1. The summed E-state index contributed by atoms with van der Waals surface area (Å²) in [7, 11) is 0. The molecule has 4 nitrogen and oxygen atoms in total. The van der Waals surface area contributed by atoms with Crippen LogP contribution >= 0.6 is 0 Å². The summed E-state index contributed by atoms with van der Waals surface area (Å²) in [5.41, 5.74) is 2.98. The highest BCUT2D eigenvalue weighted by Gasteiger charge is 2.68. The predicted molar refractivity (Wildman–Crippen MR) is 85.3 cm³/mol. The molecule has 1 fully saturated rings. The van der Waals surface area contributed by atoms with Gasteiger partial charge in [0.05, 0.1) is 23.4 Å². The standard InChI is InChI=1S/C20H16O4/c1-10(21)20-13-8-4-2-6-11(13)15(12-7-3-5-9-14(12)20)16-17(20)19(23)24-18(16)22/h2-10,15-17,21H,1H3/t10?,15?,16-,17+,20?/m0/s1. The van der Waals surface area contributed by atoms with Gasteiger partial charge in [-0.1, -0.05) is 48.5 Å². The molecular formula is C20H16O4. The number of benzene rings is 2. The van der Waals surface area contributed by atoms with Crippen LogP contribution in [0.4, 0.5) is 0 Å². The van der Waals surface area contributed by atoms with E-state index in [9.17, 15) is 14.7 Å². The topological polar surface area (TPSA) is 63.6 Å². The molecule has 4 heteroatoms. The van der Waals surface area contributed by atoms with Crippen molar-refractivity contribution < 1.29 is 19.4 Å². The fourth-order valence-corrected chi connectivity index (χ4v) is 5.35. The van der Waals surface area contributed by atoms with Crippen molar-refractivity contribution in [3.8, 4) is 0 Å². The summed E-state index contributed by atoms with van der Waals surface area (Å²) in [6, 6.07) is 15.7. The minimum absolute atomic E-state index is 0.193. The summed E-state index contributed by atoms with van der Waals surface area (Å²) in [4.78, 5) is 25.1. The monoisotopic (exact) mass is 320 g/mol. The number of cyclic esters (lactones) is 2. The van der Waals surface area contributed by atoms with Gasteiger partial charge in [0.15, 0.2) is 0 Å². The van der Waals surface area contributed by atoms with Crippen LogP contribution in [0.25, 0.3) is 0 Å². The van der Waals surface area contributed by atoms with Crippen LogP contribution in [0.15, 0.2) is 48.5 Å². The first kappa shape index (κ1) is 13.9. The highest BCUT2D eigenvalue weighted by Crippen LogP contribution is 2.64. The van der Waals surface area contributed by atoms with Gasteiger partial charge in [-0.15, -0.1) is 0 Å². The van der Waals surface area contributed by atoms with Crippen molar-refractivity contribution in [2.45, 2.75) is 24.4 Å². The average molecular weight is 320 g/mol. The summed E-state index contributed by atoms with van der Waals surface area (Å²) < 4.78 is 5.04. The molecule has 1 saturated heterocycles. The van der Waals surface area contributed by atoms with Crippen molar-refractivity contribution >= 4 is 11.9 Å². The molecule has 0 amide bonds. The molecule has 2 bridgehead atoms. The molecule has 1 heterocycles. The number of aliphatic hydroxyl groups is 1. The van der Waals surface area contributed by atoms with E-state index in [1.54, 1.807) is 6.92 Å². The molecule has 0 radical (unpaired) electrons. The molecule has 3 atom stereocenters. The summed E-state index contributed by atoms with van der Waals surface area (Å²) in [6.07, 6.45) is -0.827. The number of carbonyl (C=O) groups is 2. The number of esters is 2. The maximum Gasteiger partial charge on any atom is 0.318 e. The Morgan fingerprint density at radius 3 is 2.04 bits per heavy atom. The minimum Gasteiger partial charge on any atom is -0.393 e. The summed E-state index contributed by atoms with van der Waals surface area (Å²) in [6.45, 7) is 1.70. The van der Waals surface area contributed by atoms with Gasteiger partial charge in [0.25, 0.3) is 0 Å². The zero-order chi connectivity index (χ0) is 16.6. The van der Waals surface area contributed by atoms with Crippen molar-refractivity contribution in [3.63, 3.8) is 0 Å². The van der Waals surface area contributed by atoms with Crippen LogP contribution in [0, 0.1) is 11.8 Å². The Hall–Kier alpha value is -2.46. The first-order valence-electron chi connectivity index (χ1n) is 8.21. The smallest absolute Gasteiger partial charge is 0.318 e. The van der Waals surface area contributed by atoms with Crippen LogP contribution in [0.1, 0.15) is 35.1 Å². The summed E-state index contributed by atoms with van der Waals surface area (Å²) in [5, 5.41) is 10.9. The lowest BCUT2D eigenvalue weighted by atomic mass is 9.46. The lowest BCUT2D eigenvalue weighted by molar-refractivity contribution is -0.154. The maximum atomic E-state index is 12.6. The van der Waals surface area contributed by atoms with E-state index in [2.05, 4.69) is 0 Å². The van der Waals surface area contributed by atoms with Crippen LogP contribution in [0.5, 0.6) is 0 Å². The van der Waals surface area contributed by atoms with Gasteiger partial charge in [0.1, 0.15) is 0 Å². The van der Waals surface area contributed by atoms with E-state index in [1.165, 1.54) is 0 Å². The van der Waals surface area contributed by atoms with Crippen molar-refractivity contribution in [3.05, 3.63) is 70.8 Å². The Morgan fingerprint density at radius 2 is 1.50 bits per heavy atom. The van der Waals surface area contributed by atoms with Gasteiger partial charge in [-0.2, -0.15) is 0 Å². The fraction of sp³-hybridized carbons (Fsp3) is 0.300. The highest BCUT2D eigenvalue weighted by molar-refractivity contribution is 6.00. The summed E-state index contributed by atoms with van der Waals surface area (Å²) >= 11 is 0. The van der Waals surface area contributed by atoms with Gasteiger partial charge in [0, 0.05) is 5.92 Å². The van der Waals surface area contributed by atoms with E-state index >= 15 is 0 Å². The third-order valence-electron chi connectivity index (χ3n) is 6.08. The van der Waals surface area contributed by atoms with Gasteiger partial charge >= 0.3 is 11.9 Å². The average Bonchev–Trinajstić information content (AvgIpc) is 2.90. The SMILES string of the molecule is CC(O)C12c3ccccc3C(c3ccccc31)[C@@H]1C(=O)OC(=O)[C@@H]12. The van der Waals surface area contributed by atoms with Gasteiger partial charge in [-0.25, -0.2) is 0 Å². The first-order valence-corrected chi connectivity index (χ1v) is 8.21. The maximum absolute atomic E-state index is 12.6. The molecule has 1 unspecified atom stereocenters. The van der Waals surface area contributed by atoms with E-state index in [4.69, 9.17) is 4.74 Å². The summed E-state index contributed by atoms with van der Waals surface area (Å²) in [5.74, 6) is -2.40. The second-order valence-corrected chi connectivity index (χ2v) is 6.94. The molecule has 2 aromatic carbocycles. The normalized spacial score (nSPS) is 33.5. The molecule has 24 heavy (non-hydrogen) atoms. The van der Waals surface area contributed by atoms with Crippen molar-refractivity contribution in [1.82, 2.24) is 0 Å². The van der Waals surface area contributed by atoms with Gasteiger partial charge in [-0.05, 0) is 29.2 Å². The molecule has 6 rings (SSSR count). The molecule has 1 N–H and O–H groups in total. The largest absolute Gasteiger partial charge is 0.393 e. The van der Waals surface area contributed by atoms with Gasteiger partial charge in [-0.3, -0.25) is 9.59 Å². The number of hydrogen-bond acceptors (Lipinski definition) is 4. The van der Waals surface area contributed by atoms with Crippen LogP contribution in [-0.4, -0.2) is 23.1 Å².